The summed E-state index contributed by atoms with van der Waals surface area (Å²) in [5.74, 6) is 0. The lowest BCUT2D eigenvalue weighted by atomic mass is 9.91. The number of rotatable bonds is 5. The van der Waals surface area contributed by atoms with Crippen molar-refractivity contribution in [2.75, 3.05) is 5.32 Å². The molecule has 2 N–H and O–H groups in total. The zero-order valence-corrected chi connectivity index (χ0v) is 14.7. The fraction of sp³-hybridized carbons (Fsp3) is 0.368. The van der Waals surface area contributed by atoms with Gasteiger partial charge in [0.05, 0.1) is 4.90 Å². The molecule has 0 radical (unpaired) electrons. The van der Waals surface area contributed by atoms with Crippen molar-refractivity contribution in [2.24, 2.45) is 0 Å². The maximum Gasteiger partial charge on any atom is 0.240 e. The van der Waals surface area contributed by atoms with E-state index in [9.17, 15) is 8.42 Å². The minimum atomic E-state index is -3.48. The molecule has 3 rings (SSSR count). The van der Waals surface area contributed by atoms with Crippen LogP contribution in [0.3, 0.4) is 0 Å². The minimum Gasteiger partial charge on any atom is -0.381 e. The maximum atomic E-state index is 12.6. The van der Waals surface area contributed by atoms with E-state index in [2.05, 4.69) is 29.1 Å². The van der Waals surface area contributed by atoms with E-state index in [-0.39, 0.29) is 12.1 Å². The molecule has 24 heavy (non-hydrogen) atoms. The van der Waals surface area contributed by atoms with Crippen molar-refractivity contribution in [1.82, 2.24) is 4.72 Å². The average molecular weight is 344 g/mol. The van der Waals surface area contributed by atoms with Crippen molar-refractivity contribution in [1.29, 1.82) is 0 Å². The second kappa shape index (κ2) is 7.36. The molecule has 1 aliphatic rings. The van der Waals surface area contributed by atoms with Crippen molar-refractivity contribution in [3.8, 4) is 0 Å². The second-order valence-corrected chi connectivity index (χ2v) is 8.16. The molecule has 1 saturated carbocycles. The number of benzene rings is 2. The van der Waals surface area contributed by atoms with Crippen LogP contribution in [0.25, 0.3) is 0 Å². The summed E-state index contributed by atoms with van der Waals surface area (Å²) in [6.07, 6.45) is 3.99. The van der Waals surface area contributed by atoms with Crippen LogP contribution in [0.15, 0.2) is 59.5 Å². The number of nitrogens with one attached hydrogen (secondary N) is 2. The summed E-state index contributed by atoms with van der Waals surface area (Å²) in [6.45, 7) is 2.06. The number of anilines is 1. The molecule has 4 nitrogen and oxygen atoms in total. The highest BCUT2D eigenvalue weighted by Crippen LogP contribution is 2.24. The quantitative estimate of drug-likeness (QED) is 0.869. The third kappa shape index (κ3) is 4.16. The van der Waals surface area contributed by atoms with Crippen molar-refractivity contribution in [3.63, 3.8) is 0 Å². The molecule has 0 unspecified atom stereocenters. The highest BCUT2D eigenvalue weighted by atomic mass is 32.2. The monoisotopic (exact) mass is 344 g/mol. The van der Waals surface area contributed by atoms with E-state index < -0.39 is 10.0 Å². The molecule has 2 atom stereocenters. The Bertz CT molecular complexity index is 758. The van der Waals surface area contributed by atoms with Crippen LogP contribution >= 0.6 is 0 Å². The molecule has 0 aliphatic heterocycles. The van der Waals surface area contributed by atoms with Gasteiger partial charge < -0.3 is 5.32 Å². The molecule has 128 valence electrons. The van der Waals surface area contributed by atoms with E-state index in [1.165, 1.54) is 5.56 Å². The Kier molecular flexibility index (Phi) is 5.21. The van der Waals surface area contributed by atoms with Crippen LogP contribution in [-0.4, -0.2) is 20.5 Å². The summed E-state index contributed by atoms with van der Waals surface area (Å²) in [4.78, 5) is 0.324. The molecule has 0 saturated heterocycles. The smallest absolute Gasteiger partial charge is 0.240 e. The van der Waals surface area contributed by atoms with Crippen molar-refractivity contribution >= 4 is 15.7 Å². The lowest BCUT2D eigenvalue weighted by Crippen LogP contribution is -2.48. The molecule has 5 heteroatoms. The van der Waals surface area contributed by atoms with E-state index >= 15 is 0 Å². The number of aryl methyl sites for hydroxylation is 1. The molecule has 0 bridgehead atoms. The fourth-order valence-electron chi connectivity index (χ4n) is 3.18. The minimum absolute atomic E-state index is 0.0924. The van der Waals surface area contributed by atoms with Crippen LogP contribution in [0.1, 0.15) is 31.2 Å². The SMILES string of the molecule is Cc1ccc(N[C@@H]2CCCC[C@H]2NS(=O)(=O)c2ccccc2)cc1. The first kappa shape index (κ1) is 17.0. The van der Waals surface area contributed by atoms with Crippen molar-refractivity contribution < 1.29 is 8.42 Å². The highest BCUT2D eigenvalue weighted by molar-refractivity contribution is 7.89. The van der Waals surface area contributed by atoms with Gasteiger partial charge in [-0.15, -0.1) is 0 Å². The first-order valence-corrected chi connectivity index (χ1v) is 9.93. The molecule has 0 heterocycles. The molecular weight excluding hydrogens is 320 g/mol. The van der Waals surface area contributed by atoms with E-state index in [4.69, 9.17) is 0 Å². The summed E-state index contributed by atoms with van der Waals surface area (Å²) in [5.41, 5.74) is 2.25. The Balaban J connectivity index is 1.74. The van der Waals surface area contributed by atoms with Gasteiger partial charge in [-0.25, -0.2) is 13.1 Å². The van der Waals surface area contributed by atoms with E-state index in [1.54, 1.807) is 24.3 Å². The molecular formula is C19H24N2O2S. The van der Waals surface area contributed by atoms with Gasteiger partial charge in [0, 0.05) is 17.8 Å². The third-order valence-electron chi connectivity index (χ3n) is 4.53. The molecule has 1 fully saturated rings. The van der Waals surface area contributed by atoms with Gasteiger partial charge in [0.15, 0.2) is 0 Å². The normalized spacial score (nSPS) is 21.4. The highest BCUT2D eigenvalue weighted by Gasteiger charge is 2.29. The van der Waals surface area contributed by atoms with Crippen LogP contribution in [0, 0.1) is 6.92 Å². The number of hydrogen-bond acceptors (Lipinski definition) is 3. The van der Waals surface area contributed by atoms with Crippen molar-refractivity contribution in [3.05, 3.63) is 60.2 Å². The van der Waals surface area contributed by atoms with Gasteiger partial charge in [-0.1, -0.05) is 48.7 Å². The largest absolute Gasteiger partial charge is 0.381 e. The lowest BCUT2D eigenvalue weighted by molar-refractivity contribution is 0.378. The third-order valence-corrected chi connectivity index (χ3v) is 6.04. The Hall–Kier alpha value is -1.85. The zero-order chi connectivity index (χ0) is 17.0. The second-order valence-electron chi connectivity index (χ2n) is 6.44. The molecule has 0 amide bonds. The van der Waals surface area contributed by atoms with Crippen molar-refractivity contribution in [2.45, 2.75) is 49.6 Å². The first-order chi connectivity index (χ1) is 11.5. The van der Waals surface area contributed by atoms with E-state index in [1.807, 2.05) is 18.2 Å². The summed E-state index contributed by atoms with van der Waals surface area (Å²) < 4.78 is 28.1. The van der Waals surface area contributed by atoms with Gasteiger partial charge in [-0.3, -0.25) is 0 Å². The summed E-state index contributed by atoms with van der Waals surface area (Å²) in [6, 6.07) is 16.8. The van der Waals surface area contributed by atoms with Crippen LogP contribution in [0.5, 0.6) is 0 Å². The summed E-state index contributed by atoms with van der Waals surface area (Å²) in [7, 11) is -3.48. The van der Waals surface area contributed by atoms with Gasteiger partial charge in [-0.2, -0.15) is 0 Å². The number of sulfonamides is 1. The van der Waals surface area contributed by atoms with Crippen LogP contribution in [0.2, 0.25) is 0 Å². The van der Waals surface area contributed by atoms with Crippen LogP contribution < -0.4 is 10.0 Å². The summed E-state index contributed by atoms with van der Waals surface area (Å²) in [5, 5.41) is 3.51. The Morgan fingerprint density at radius 2 is 1.50 bits per heavy atom. The molecule has 2 aromatic rings. The summed E-state index contributed by atoms with van der Waals surface area (Å²) >= 11 is 0. The van der Waals surface area contributed by atoms with E-state index in [0.29, 0.717) is 4.90 Å². The van der Waals surface area contributed by atoms with Gasteiger partial charge in [0.25, 0.3) is 0 Å². The average Bonchev–Trinajstić information content (AvgIpc) is 2.59. The Morgan fingerprint density at radius 3 is 2.17 bits per heavy atom. The van der Waals surface area contributed by atoms with Gasteiger partial charge in [0.1, 0.15) is 0 Å². The Morgan fingerprint density at radius 1 is 0.875 bits per heavy atom. The first-order valence-electron chi connectivity index (χ1n) is 8.45. The zero-order valence-electron chi connectivity index (χ0n) is 13.9. The molecule has 0 spiro atoms. The predicted molar refractivity (Wildman–Crippen MR) is 97.6 cm³/mol. The Labute approximate surface area is 144 Å². The predicted octanol–water partition coefficient (Wildman–Crippen LogP) is 3.70. The van der Waals surface area contributed by atoms with E-state index in [0.717, 1.165) is 31.4 Å². The molecule has 1 aliphatic carbocycles. The standard InChI is InChI=1S/C19H24N2O2S/c1-15-11-13-16(14-12-15)20-18-9-5-6-10-19(18)21-24(22,23)17-7-3-2-4-8-17/h2-4,7-8,11-14,18-21H,5-6,9-10H2,1H3/t18-,19-/m1/s1. The maximum absolute atomic E-state index is 12.6. The van der Waals surface area contributed by atoms with Crippen LogP contribution in [0.4, 0.5) is 5.69 Å². The lowest BCUT2D eigenvalue weighted by Gasteiger charge is -2.33. The molecule has 0 aromatic heterocycles. The number of hydrogen-bond donors (Lipinski definition) is 2. The fourth-order valence-corrected chi connectivity index (χ4v) is 4.51. The van der Waals surface area contributed by atoms with Gasteiger partial charge >= 0.3 is 0 Å². The van der Waals surface area contributed by atoms with Crippen LogP contribution in [-0.2, 0) is 10.0 Å². The van der Waals surface area contributed by atoms with Gasteiger partial charge in [-0.05, 0) is 44.0 Å². The van der Waals surface area contributed by atoms with Gasteiger partial charge in [0.2, 0.25) is 10.0 Å². The molecule has 2 aromatic carbocycles. The topological polar surface area (TPSA) is 58.2 Å².